The van der Waals surface area contributed by atoms with Crippen molar-refractivity contribution in [1.82, 2.24) is 15.5 Å². The summed E-state index contributed by atoms with van der Waals surface area (Å²) in [5.41, 5.74) is 0.561. The molecule has 3 N–H and O–H groups in total. The molecule has 0 radical (unpaired) electrons. The Bertz CT molecular complexity index is 600. The lowest BCUT2D eigenvalue weighted by Gasteiger charge is -2.37. The van der Waals surface area contributed by atoms with E-state index in [4.69, 9.17) is 4.74 Å². The number of ether oxygens (including phenoxy) is 1. The van der Waals surface area contributed by atoms with Gasteiger partial charge in [-0.15, -0.1) is 0 Å². The zero-order chi connectivity index (χ0) is 17.1. The van der Waals surface area contributed by atoms with E-state index in [9.17, 15) is 9.50 Å². The Morgan fingerprint density at radius 2 is 2.08 bits per heavy atom. The normalized spacial score (nSPS) is 25.1. The molecule has 0 spiro atoms. The molecule has 5 nitrogen and oxygen atoms in total. The van der Waals surface area contributed by atoms with Crippen LogP contribution in [0.2, 0.25) is 0 Å². The van der Waals surface area contributed by atoms with Gasteiger partial charge in [0, 0.05) is 24.9 Å². The summed E-state index contributed by atoms with van der Waals surface area (Å²) < 4.78 is 18.9. The van der Waals surface area contributed by atoms with Gasteiger partial charge in [0.05, 0.1) is 18.8 Å². The number of nitrogens with zero attached hydrogens (tertiary/aromatic N) is 1. The first-order chi connectivity index (χ1) is 11.6. The second-order valence-corrected chi connectivity index (χ2v) is 6.60. The van der Waals surface area contributed by atoms with Crippen LogP contribution < -0.4 is 10.6 Å². The summed E-state index contributed by atoms with van der Waals surface area (Å²) >= 11 is 0. The van der Waals surface area contributed by atoms with Crippen LogP contribution >= 0.6 is 0 Å². The van der Waals surface area contributed by atoms with Gasteiger partial charge in [-0.05, 0) is 50.8 Å². The van der Waals surface area contributed by atoms with Crippen molar-refractivity contribution in [3.05, 3.63) is 41.6 Å². The van der Waals surface area contributed by atoms with Gasteiger partial charge in [0.15, 0.2) is 0 Å². The van der Waals surface area contributed by atoms with Gasteiger partial charge in [-0.3, -0.25) is 0 Å². The molecule has 2 aliphatic rings. The molecule has 1 saturated carbocycles. The molecule has 0 unspecified atom stereocenters. The number of rotatable bonds is 5. The predicted octanol–water partition coefficient (Wildman–Crippen LogP) is 2.80. The minimum absolute atomic E-state index is 0.107. The molecular formula is C18H26FN3O2. The third kappa shape index (κ3) is 3.59. The van der Waals surface area contributed by atoms with Crippen LogP contribution in [0.4, 0.5) is 4.39 Å². The topological polar surface area (TPSA) is 56.8 Å². The molecule has 0 amide bonds. The smallest absolute Gasteiger partial charge is 0.123 e. The van der Waals surface area contributed by atoms with Crippen LogP contribution in [0.3, 0.4) is 0 Å². The molecule has 1 aliphatic carbocycles. The predicted molar refractivity (Wildman–Crippen MR) is 90.6 cm³/mol. The average Bonchev–Trinajstić information content (AvgIpc) is 3.05. The minimum Gasteiger partial charge on any atom is -0.508 e. The molecule has 1 aromatic rings. The molecule has 0 aromatic heterocycles. The standard InChI is InChI=1S/C18H26FN3O2/c1-12(16-9-13(19)3-8-17(16)23)21-18-10-20-11-22(18)14-4-6-15(24-2)7-5-14/h3,8-10,12,14-15,20-21,23H,4-7,11H2,1-2H3/t12-,14?,15?/m1/s1. The number of benzene rings is 1. The third-order valence-electron chi connectivity index (χ3n) is 5.05. The quantitative estimate of drug-likeness (QED) is 0.772. The van der Waals surface area contributed by atoms with Crippen molar-refractivity contribution in [1.29, 1.82) is 0 Å². The SMILES string of the molecule is COC1CCC(N2CNC=C2N[C@H](C)c2cc(F)ccc2O)CC1. The van der Waals surface area contributed by atoms with Crippen molar-refractivity contribution in [2.24, 2.45) is 0 Å². The average molecular weight is 335 g/mol. The summed E-state index contributed by atoms with van der Waals surface area (Å²) in [6, 6.07) is 4.32. The molecule has 1 heterocycles. The van der Waals surface area contributed by atoms with Crippen molar-refractivity contribution in [2.75, 3.05) is 13.8 Å². The summed E-state index contributed by atoms with van der Waals surface area (Å²) in [5.74, 6) is 0.756. The maximum atomic E-state index is 13.5. The van der Waals surface area contributed by atoms with Crippen LogP contribution in [0.5, 0.6) is 5.75 Å². The maximum absolute atomic E-state index is 13.5. The van der Waals surface area contributed by atoms with E-state index in [-0.39, 0.29) is 17.6 Å². The van der Waals surface area contributed by atoms with Crippen LogP contribution in [0.1, 0.15) is 44.2 Å². The highest BCUT2D eigenvalue weighted by Gasteiger charge is 2.29. The van der Waals surface area contributed by atoms with Crippen LogP contribution in [0.25, 0.3) is 0 Å². The Morgan fingerprint density at radius 3 is 2.79 bits per heavy atom. The van der Waals surface area contributed by atoms with E-state index in [0.717, 1.165) is 38.2 Å². The van der Waals surface area contributed by atoms with Gasteiger partial charge in [-0.25, -0.2) is 4.39 Å². The molecular weight excluding hydrogens is 309 g/mol. The lowest BCUT2D eigenvalue weighted by atomic mass is 9.92. The monoisotopic (exact) mass is 335 g/mol. The highest BCUT2D eigenvalue weighted by atomic mass is 19.1. The van der Waals surface area contributed by atoms with Gasteiger partial charge in [-0.1, -0.05) is 0 Å². The number of hydrogen-bond donors (Lipinski definition) is 3. The molecule has 6 heteroatoms. The van der Waals surface area contributed by atoms with E-state index < -0.39 is 0 Å². The molecule has 1 aliphatic heterocycles. The van der Waals surface area contributed by atoms with Gasteiger partial charge in [0.1, 0.15) is 17.4 Å². The first-order valence-corrected chi connectivity index (χ1v) is 8.56. The summed E-state index contributed by atoms with van der Waals surface area (Å²) in [6.45, 7) is 2.69. The fourth-order valence-corrected chi connectivity index (χ4v) is 3.62. The van der Waals surface area contributed by atoms with E-state index in [0.29, 0.717) is 17.7 Å². The lowest BCUT2D eigenvalue weighted by Crippen LogP contribution is -2.42. The number of hydrogen-bond acceptors (Lipinski definition) is 5. The fraction of sp³-hybridized carbons (Fsp3) is 0.556. The Balaban J connectivity index is 1.65. The van der Waals surface area contributed by atoms with Gasteiger partial charge in [0.2, 0.25) is 0 Å². The molecule has 1 fully saturated rings. The molecule has 24 heavy (non-hydrogen) atoms. The Kier molecular flexibility index (Phi) is 5.14. The van der Waals surface area contributed by atoms with E-state index in [1.807, 2.05) is 13.1 Å². The lowest BCUT2D eigenvalue weighted by molar-refractivity contribution is 0.0453. The number of phenols is 1. The highest BCUT2D eigenvalue weighted by molar-refractivity contribution is 5.35. The van der Waals surface area contributed by atoms with Crippen molar-refractivity contribution in [3.8, 4) is 5.75 Å². The summed E-state index contributed by atoms with van der Waals surface area (Å²) in [4.78, 5) is 2.32. The van der Waals surface area contributed by atoms with E-state index in [1.54, 1.807) is 7.11 Å². The maximum Gasteiger partial charge on any atom is 0.123 e. The second kappa shape index (κ2) is 7.30. The molecule has 3 rings (SSSR count). The first kappa shape index (κ1) is 16.9. The van der Waals surface area contributed by atoms with Crippen molar-refractivity contribution >= 4 is 0 Å². The third-order valence-corrected chi connectivity index (χ3v) is 5.05. The van der Waals surface area contributed by atoms with Gasteiger partial charge in [-0.2, -0.15) is 0 Å². The molecule has 132 valence electrons. The number of methoxy groups -OCH3 is 1. The number of aromatic hydroxyl groups is 1. The van der Waals surface area contributed by atoms with E-state index in [1.165, 1.54) is 18.2 Å². The minimum atomic E-state index is -0.343. The number of halogens is 1. The summed E-state index contributed by atoms with van der Waals surface area (Å²) in [5, 5.41) is 16.6. The van der Waals surface area contributed by atoms with Gasteiger partial charge in [0.25, 0.3) is 0 Å². The van der Waals surface area contributed by atoms with E-state index in [2.05, 4.69) is 15.5 Å². The van der Waals surface area contributed by atoms with Crippen LogP contribution in [-0.2, 0) is 4.74 Å². The van der Waals surface area contributed by atoms with Crippen LogP contribution in [0, 0.1) is 5.82 Å². The first-order valence-electron chi connectivity index (χ1n) is 8.56. The Morgan fingerprint density at radius 1 is 1.33 bits per heavy atom. The Hall–Kier alpha value is -1.95. The Labute approximate surface area is 142 Å². The molecule has 0 saturated heterocycles. The van der Waals surface area contributed by atoms with Gasteiger partial charge < -0.3 is 25.4 Å². The summed E-state index contributed by atoms with van der Waals surface area (Å²) in [7, 11) is 1.78. The van der Waals surface area contributed by atoms with Crippen LogP contribution in [-0.4, -0.2) is 35.9 Å². The molecule has 1 aromatic carbocycles. The zero-order valence-electron chi connectivity index (χ0n) is 14.3. The molecule has 1 atom stereocenters. The second-order valence-electron chi connectivity index (χ2n) is 6.60. The molecule has 0 bridgehead atoms. The number of nitrogens with one attached hydrogen (secondary N) is 2. The zero-order valence-corrected chi connectivity index (χ0v) is 14.3. The van der Waals surface area contributed by atoms with E-state index >= 15 is 0 Å². The van der Waals surface area contributed by atoms with Crippen LogP contribution in [0.15, 0.2) is 30.2 Å². The van der Waals surface area contributed by atoms with Crippen molar-refractivity contribution in [3.63, 3.8) is 0 Å². The van der Waals surface area contributed by atoms with Gasteiger partial charge >= 0.3 is 0 Å². The summed E-state index contributed by atoms with van der Waals surface area (Å²) in [6.07, 6.45) is 6.67. The highest BCUT2D eigenvalue weighted by Crippen LogP contribution is 2.30. The fourth-order valence-electron chi connectivity index (χ4n) is 3.62. The van der Waals surface area contributed by atoms with Crippen molar-refractivity contribution in [2.45, 2.75) is 50.8 Å². The largest absolute Gasteiger partial charge is 0.508 e. The number of phenolic OH excluding ortho intramolecular Hbond substituents is 1. The van der Waals surface area contributed by atoms with Crippen molar-refractivity contribution < 1.29 is 14.2 Å².